The molecule has 0 aromatic rings. The summed E-state index contributed by atoms with van der Waals surface area (Å²) in [6.07, 6.45) is 4.07. The van der Waals surface area contributed by atoms with Crippen molar-refractivity contribution >= 4 is 5.97 Å². The van der Waals surface area contributed by atoms with Crippen molar-refractivity contribution in [3.05, 3.63) is 0 Å². The number of hydrogen-bond donors (Lipinski definition) is 1. The summed E-state index contributed by atoms with van der Waals surface area (Å²) in [6.45, 7) is 4.94. The molecule has 1 saturated heterocycles. The maximum absolute atomic E-state index is 10.9. The first kappa shape index (κ1) is 9.97. The highest BCUT2D eigenvalue weighted by Gasteiger charge is 2.35. The van der Waals surface area contributed by atoms with Gasteiger partial charge in [0.15, 0.2) is 0 Å². The Hall–Kier alpha value is -0.570. The number of likely N-dealkylation sites (tertiary alicyclic amines) is 1. The van der Waals surface area contributed by atoms with E-state index in [0.29, 0.717) is 5.92 Å². The van der Waals surface area contributed by atoms with Gasteiger partial charge in [-0.1, -0.05) is 13.3 Å². The average Bonchev–Trinajstić information content (AvgIpc) is 2.39. The van der Waals surface area contributed by atoms with Crippen LogP contribution in [0.15, 0.2) is 0 Å². The Labute approximate surface area is 85.1 Å². The summed E-state index contributed by atoms with van der Waals surface area (Å²) in [5.41, 5.74) is 0. The molecule has 0 radical (unpaired) electrons. The molecule has 3 nitrogen and oxygen atoms in total. The lowest BCUT2D eigenvalue weighted by Gasteiger charge is -2.29. The summed E-state index contributed by atoms with van der Waals surface area (Å²) in [5.74, 6) is 0.436. The van der Waals surface area contributed by atoms with E-state index in [-0.39, 0.29) is 5.92 Å². The number of carbonyl (C=O) groups is 1. The number of nitrogens with zero attached hydrogens (tertiary/aromatic N) is 1. The van der Waals surface area contributed by atoms with Gasteiger partial charge in [0.2, 0.25) is 0 Å². The Balaban J connectivity index is 1.82. The molecule has 0 bridgehead atoms. The molecule has 0 aromatic carbocycles. The SMILES string of the molecule is C[C@@H]1CN(CC2CCC2)C[C@H]1C(=O)O. The second-order valence-electron chi connectivity index (χ2n) is 4.94. The summed E-state index contributed by atoms with van der Waals surface area (Å²) in [5, 5.41) is 8.98. The van der Waals surface area contributed by atoms with Gasteiger partial charge in [-0.15, -0.1) is 0 Å². The number of rotatable bonds is 3. The highest BCUT2D eigenvalue weighted by Crippen LogP contribution is 2.30. The molecule has 2 rings (SSSR count). The third-order valence-corrected chi connectivity index (χ3v) is 3.75. The van der Waals surface area contributed by atoms with E-state index in [1.807, 2.05) is 0 Å². The van der Waals surface area contributed by atoms with Crippen molar-refractivity contribution in [3.8, 4) is 0 Å². The fourth-order valence-corrected chi connectivity index (χ4v) is 2.58. The average molecular weight is 197 g/mol. The van der Waals surface area contributed by atoms with Crippen LogP contribution in [-0.4, -0.2) is 35.6 Å². The van der Waals surface area contributed by atoms with Gasteiger partial charge in [-0.25, -0.2) is 0 Å². The molecular formula is C11H19NO2. The van der Waals surface area contributed by atoms with Gasteiger partial charge in [0.05, 0.1) is 5.92 Å². The van der Waals surface area contributed by atoms with E-state index >= 15 is 0 Å². The molecular weight excluding hydrogens is 178 g/mol. The van der Waals surface area contributed by atoms with Gasteiger partial charge in [0, 0.05) is 19.6 Å². The number of hydrogen-bond acceptors (Lipinski definition) is 2. The molecule has 0 unspecified atom stereocenters. The summed E-state index contributed by atoms with van der Waals surface area (Å²) < 4.78 is 0. The predicted octanol–water partition coefficient (Wildman–Crippen LogP) is 1.44. The van der Waals surface area contributed by atoms with Crippen LogP contribution >= 0.6 is 0 Å². The van der Waals surface area contributed by atoms with Crippen molar-refractivity contribution in [2.45, 2.75) is 26.2 Å². The highest BCUT2D eigenvalue weighted by atomic mass is 16.4. The molecule has 0 amide bonds. The van der Waals surface area contributed by atoms with Crippen LogP contribution in [0.2, 0.25) is 0 Å². The first-order valence-corrected chi connectivity index (χ1v) is 5.62. The summed E-state index contributed by atoms with van der Waals surface area (Å²) in [6, 6.07) is 0. The molecule has 2 fully saturated rings. The lowest BCUT2D eigenvalue weighted by atomic mass is 9.85. The van der Waals surface area contributed by atoms with Crippen molar-refractivity contribution in [1.29, 1.82) is 0 Å². The van der Waals surface area contributed by atoms with Crippen LogP contribution < -0.4 is 0 Å². The molecule has 14 heavy (non-hydrogen) atoms. The molecule has 0 spiro atoms. The smallest absolute Gasteiger partial charge is 0.308 e. The Morgan fingerprint density at radius 2 is 2.14 bits per heavy atom. The van der Waals surface area contributed by atoms with Crippen LogP contribution in [0.5, 0.6) is 0 Å². The normalized spacial score (nSPS) is 34.4. The number of carboxylic acids is 1. The van der Waals surface area contributed by atoms with E-state index in [9.17, 15) is 4.79 Å². The second-order valence-corrected chi connectivity index (χ2v) is 4.94. The Bertz CT molecular complexity index is 225. The third-order valence-electron chi connectivity index (χ3n) is 3.75. The minimum absolute atomic E-state index is 0.130. The highest BCUT2D eigenvalue weighted by molar-refractivity contribution is 5.71. The van der Waals surface area contributed by atoms with Crippen molar-refractivity contribution in [2.24, 2.45) is 17.8 Å². The molecule has 2 atom stereocenters. The van der Waals surface area contributed by atoms with Crippen LogP contribution in [0.1, 0.15) is 26.2 Å². The van der Waals surface area contributed by atoms with Crippen LogP contribution in [0.3, 0.4) is 0 Å². The van der Waals surface area contributed by atoms with E-state index in [0.717, 1.165) is 25.6 Å². The lowest BCUT2D eigenvalue weighted by Crippen LogP contribution is -2.31. The minimum atomic E-state index is -0.617. The van der Waals surface area contributed by atoms with E-state index in [2.05, 4.69) is 11.8 Å². The maximum Gasteiger partial charge on any atom is 0.308 e. The largest absolute Gasteiger partial charge is 0.481 e. The van der Waals surface area contributed by atoms with Crippen LogP contribution in [0.4, 0.5) is 0 Å². The zero-order valence-corrected chi connectivity index (χ0v) is 8.78. The molecule has 0 aromatic heterocycles. The lowest BCUT2D eigenvalue weighted by molar-refractivity contribution is -0.142. The van der Waals surface area contributed by atoms with Gasteiger partial charge >= 0.3 is 5.97 Å². The van der Waals surface area contributed by atoms with Crippen molar-refractivity contribution in [1.82, 2.24) is 4.90 Å². The molecule has 1 heterocycles. The molecule has 1 aliphatic carbocycles. The molecule has 1 saturated carbocycles. The molecule has 80 valence electrons. The first-order chi connectivity index (χ1) is 6.66. The maximum atomic E-state index is 10.9. The Kier molecular flexibility index (Phi) is 2.77. The first-order valence-electron chi connectivity index (χ1n) is 5.62. The molecule has 1 N–H and O–H groups in total. The predicted molar refractivity (Wildman–Crippen MR) is 54.1 cm³/mol. The van der Waals surface area contributed by atoms with Gasteiger partial charge in [-0.05, 0) is 24.7 Å². The molecule has 3 heteroatoms. The van der Waals surface area contributed by atoms with Gasteiger partial charge in [0.1, 0.15) is 0 Å². The van der Waals surface area contributed by atoms with Gasteiger partial charge < -0.3 is 10.0 Å². The van der Waals surface area contributed by atoms with Gasteiger partial charge in [0.25, 0.3) is 0 Å². The Morgan fingerprint density at radius 3 is 2.57 bits per heavy atom. The standard InChI is InChI=1S/C11H19NO2/c1-8-5-12(6-9-3-2-4-9)7-10(8)11(13)14/h8-10H,2-7H2,1H3,(H,13,14)/t8-,10-/m1/s1. The topological polar surface area (TPSA) is 40.5 Å². The second kappa shape index (κ2) is 3.89. The fourth-order valence-electron chi connectivity index (χ4n) is 2.58. The number of carboxylic acid groups (broad SMARTS) is 1. The summed E-state index contributed by atoms with van der Waals surface area (Å²) in [4.78, 5) is 13.2. The molecule has 1 aliphatic heterocycles. The van der Waals surface area contributed by atoms with Crippen molar-refractivity contribution in [2.75, 3.05) is 19.6 Å². The summed E-state index contributed by atoms with van der Waals surface area (Å²) >= 11 is 0. The van der Waals surface area contributed by atoms with Gasteiger partial charge in [-0.3, -0.25) is 4.79 Å². The number of aliphatic carboxylic acids is 1. The van der Waals surface area contributed by atoms with Crippen molar-refractivity contribution < 1.29 is 9.90 Å². The third kappa shape index (κ3) is 1.92. The Morgan fingerprint density at radius 1 is 1.43 bits per heavy atom. The van der Waals surface area contributed by atoms with Crippen LogP contribution in [-0.2, 0) is 4.79 Å². The summed E-state index contributed by atoms with van der Waals surface area (Å²) in [7, 11) is 0. The zero-order valence-electron chi connectivity index (χ0n) is 8.78. The van der Waals surface area contributed by atoms with Crippen LogP contribution in [0, 0.1) is 17.8 Å². The monoisotopic (exact) mass is 197 g/mol. The van der Waals surface area contributed by atoms with E-state index in [1.54, 1.807) is 0 Å². The minimum Gasteiger partial charge on any atom is -0.481 e. The molecule has 2 aliphatic rings. The van der Waals surface area contributed by atoms with Gasteiger partial charge in [-0.2, -0.15) is 0 Å². The van der Waals surface area contributed by atoms with Crippen LogP contribution in [0.25, 0.3) is 0 Å². The van der Waals surface area contributed by atoms with E-state index < -0.39 is 5.97 Å². The van der Waals surface area contributed by atoms with E-state index in [1.165, 1.54) is 19.3 Å². The quantitative estimate of drug-likeness (QED) is 0.744. The van der Waals surface area contributed by atoms with Crippen molar-refractivity contribution in [3.63, 3.8) is 0 Å². The zero-order chi connectivity index (χ0) is 10.1. The van der Waals surface area contributed by atoms with E-state index in [4.69, 9.17) is 5.11 Å². The fraction of sp³-hybridized carbons (Fsp3) is 0.909.